The molecule has 2 aromatic rings. The average molecular weight is 733 g/mol. The van der Waals surface area contributed by atoms with Crippen molar-refractivity contribution in [1.29, 1.82) is 10.5 Å². The second-order valence-electron chi connectivity index (χ2n) is 15.6. The van der Waals surface area contributed by atoms with Gasteiger partial charge in [0.05, 0.1) is 11.4 Å². The molecule has 15 heteroatoms. The summed E-state index contributed by atoms with van der Waals surface area (Å²) in [6.07, 6.45) is 14.0. The first-order chi connectivity index (χ1) is 25.4. The molecule has 53 heavy (non-hydrogen) atoms. The highest BCUT2D eigenvalue weighted by Crippen LogP contribution is 2.55. The van der Waals surface area contributed by atoms with Crippen molar-refractivity contribution >= 4 is 55.9 Å². The topological polar surface area (TPSA) is 142 Å². The molecule has 0 radical (unpaired) electrons. The fourth-order valence-electron chi connectivity index (χ4n) is 8.38. The summed E-state index contributed by atoms with van der Waals surface area (Å²) < 4.78 is 15.3. The number of piperidine rings is 2. The zero-order valence-electron chi connectivity index (χ0n) is 31.0. The van der Waals surface area contributed by atoms with Crippen LogP contribution in [-0.4, -0.2) is 78.9 Å². The maximum Gasteiger partial charge on any atom is 0.426 e. The van der Waals surface area contributed by atoms with Crippen molar-refractivity contribution in [1.82, 2.24) is 19.8 Å². The van der Waals surface area contributed by atoms with E-state index in [0.29, 0.717) is 28.0 Å². The fourth-order valence-corrected chi connectivity index (χ4v) is 8.54. The lowest BCUT2D eigenvalue weighted by Gasteiger charge is -2.37. The van der Waals surface area contributed by atoms with E-state index in [4.69, 9.17) is 25.3 Å². The molecule has 11 nitrogen and oxygen atoms in total. The van der Waals surface area contributed by atoms with Gasteiger partial charge >= 0.3 is 21.4 Å². The number of nitrogens with zero attached hydrogens (tertiary/aromatic N) is 6. The van der Waals surface area contributed by atoms with E-state index in [1.54, 1.807) is 18.5 Å². The monoisotopic (exact) mass is 732 g/mol. The molecule has 7 aliphatic rings. The maximum absolute atomic E-state index is 12.3. The number of fused-ring (bicyclic) bond motifs is 2. The van der Waals surface area contributed by atoms with Gasteiger partial charge in [0.2, 0.25) is 0 Å². The van der Waals surface area contributed by atoms with Gasteiger partial charge in [-0.1, -0.05) is 11.6 Å². The zero-order valence-corrected chi connectivity index (χ0v) is 31.8. The highest BCUT2D eigenvalue weighted by Gasteiger charge is 2.46. The van der Waals surface area contributed by atoms with E-state index in [1.165, 1.54) is 38.5 Å². The van der Waals surface area contributed by atoms with Gasteiger partial charge in [0.1, 0.15) is 28.4 Å². The van der Waals surface area contributed by atoms with Crippen LogP contribution in [0, 0.1) is 40.4 Å². The minimum atomic E-state index is -0.135. The van der Waals surface area contributed by atoms with Gasteiger partial charge in [-0.2, -0.15) is 10.5 Å². The van der Waals surface area contributed by atoms with Crippen molar-refractivity contribution < 1.29 is 23.3 Å². The molecule has 0 N–H and O–H groups in total. The Labute approximate surface area is 318 Å². The van der Waals surface area contributed by atoms with Crippen molar-refractivity contribution in [3.8, 4) is 12.1 Å². The number of ketones is 2. The molecule has 5 heterocycles. The van der Waals surface area contributed by atoms with Crippen LogP contribution >= 0.6 is 11.6 Å². The first kappa shape index (κ1) is 37.4. The molecular weight excluding hydrogens is 688 g/mol. The van der Waals surface area contributed by atoms with Gasteiger partial charge in [0.15, 0.2) is 11.6 Å². The molecule has 9 rings (SSSR count). The number of halogens is 1. The van der Waals surface area contributed by atoms with E-state index in [2.05, 4.69) is 31.9 Å². The Kier molecular flexibility index (Phi) is 10.6. The molecular formula is C38H44B3ClN6O5. The normalized spacial score (nSPS) is 22.3. The van der Waals surface area contributed by atoms with Gasteiger partial charge < -0.3 is 23.5 Å². The first-order valence-electron chi connectivity index (χ1n) is 18.8. The predicted octanol–water partition coefficient (Wildman–Crippen LogP) is 6.00. The second kappa shape index (κ2) is 15.1. The Morgan fingerprint density at radius 1 is 0.679 bits per heavy atom. The third kappa shape index (κ3) is 8.12. The Balaban J connectivity index is 0.000000134. The van der Waals surface area contributed by atoms with Gasteiger partial charge in [-0.3, -0.25) is 14.6 Å². The Morgan fingerprint density at radius 3 is 1.47 bits per heavy atom. The number of hydrogen-bond acceptors (Lipinski definition) is 11. The summed E-state index contributed by atoms with van der Waals surface area (Å²) in [7, 11) is -0.406. The fraction of sp³-hybridized carbons (Fsp3) is 0.526. The molecule has 3 saturated heterocycles. The molecule has 0 atom stereocenters. The molecule has 2 spiro atoms. The van der Waals surface area contributed by atoms with Crippen LogP contribution < -0.4 is 0 Å². The molecule has 272 valence electrons. The highest BCUT2D eigenvalue weighted by molar-refractivity contribution is 6.72. The summed E-state index contributed by atoms with van der Waals surface area (Å²) in [4.78, 5) is 37.5. The van der Waals surface area contributed by atoms with E-state index in [9.17, 15) is 20.1 Å². The number of likely N-dealkylation sites (tertiary alicyclic amines) is 2. The predicted molar refractivity (Wildman–Crippen MR) is 204 cm³/mol. The molecule has 4 aliphatic carbocycles. The summed E-state index contributed by atoms with van der Waals surface area (Å²) in [5.41, 5.74) is 8.08. The van der Waals surface area contributed by atoms with Gasteiger partial charge in [-0.25, -0.2) is 4.98 Å². The van der Waals surface area contributed by atoms with Gasteiger partial charge in [0.25, 0.3) is 0 Å². The van der Waals surface area contributed by atoms with Crippen molar-refractivity contribution in [3.05, 3.63) is 68.8 Å². The number of aromatic nitrogens is 2. The average Bonchev–Trinajstić information content (AvgIpc) is 4.07. The number of nitriles is 2. The molecule has 0 unspecified atom stereocenters. The number of Topliss-reactive ketones (excluding diaryl/α,β-unsaturated/α-hetero) is 2. The second-order valence-corrected chi connectivity index (χ2v) is 16.0. The van der Waals surface area contributed by atoms with Crippen LogP contribution in [0.25, 0.3) is 11.4 Å². The van der Waals surface area contributed by atoms with Crippen molar-refractivity contribution in [3.63, 3.8) is 0 Å². The Bertz CT molecular complexity index is 1800. The molecule has 0 bridgehead atoms. The molecule has 3 aliphatic heterocycles. The molecule has 0 amide bonds. The summed E-state index contributed by atoms with van der Waals surface area (Å²) in [5, 5.41) is 19.4. The van der Waals surface area contributed by atoms with Crippen LogP contribution in [0.3, 0.4) is 0 Å². The quantitative estimate of drug-likeness (QED) is 0.265. The number of pyridine rings is 2. The van der Waals surface area contributed by atoms with Crippen LogP contribution in [0.5, 0.6) is 0 Å². The maximum atomic E-state index is 12.3. The number of rotatable bonds is 2. The van der Waals surface area contributed by atoms with E-state index >= 15 is 0 Å². The molecule has 0 aromatic carbocycles. The Morgan fingerprint density at radius 2 is 1.08 bits per heavy atom. The molecule has 2 saturated carbocycles. The van der Waals surface area contributed by atoms with Gasteiger partial charge in [-0.15, -0.1) is 0 Å². The third-order valence-electron chi connectivity index (χ3n) is 11.9. The van der Waals surface area contributed by atoms with Crippen molar-refractivity contribution in [2.75, 3.05) is 26.2 Å². The Hall–Kier alpha value is -3.94. The van der Waals surface area contributed by atoms with Crippen molar-refractivity contribution in [2.24, 2.45) is 10.8 Å². The number of hydrogen-bond donors (Lipinski definition) is 0. The van der Waals surface area contributed by atoms with Crippen molar-refractivity contribution in [2.45, 2.75) is 91.6 Å². The minimum absolute atomic E-state index is 0.0673. The number of aryl methyl sites for hydroxylation is 1. The third-order valence-corrected chi connectivity index (χ3v) is 12.1. The van der Waals surface area contributed by atoms with Crippen LogP contribution in [0.2, 0.25) is 25.6 Å². The smallest absolute Gasteiger partial charge is 0.426 e. The van der Waals surface area contributed by atoms with Crippen LogP contribution in [0.15, 0.2) is 35.7 Å². The number of carbonyl (C=O) groups is 2. The number of carbonyl (C=O) groups excluding carboxylic acids is 2. The zero-order chi connectivity index (χ0) is 37.5. The van der Waals surface area contributed by atoms with Crippen LogP contribution in [0.4, 0.5) is 0 Å². The van der Waals surface area contributed by atoms with Gasteiger partial charge in [0, 0.05) is 68.2 Å². The lowest BCUT2D eigenvalue weighted by Crippen LogP contribution is -2.44. The summed E-state index contributed by atoms with van der Waals surface area (Å²) in [6, 6.07) is 8.10. The lowest BCUT2D eigenvalue weighted by atomic mass is 9.74. The standard InChI is InChI=1S/C18H19N3O.C17H16ClN3O.C3H9B3O3/c1-12-8-14-13(11-20-12)9-16(22)15(10-19)17(14)21-6-4-18(2-3-18)5-7-21;18-15-8-12-11(10-20-15)7-14(22)13(9-19)16(12)21-5-3-17(1-2-17)4-6-21;1-4-7-5(2)9-6(3)8-4/h8,11H,2-7,9H2,1H3;8,10H,1-7H2;1-3H3. The first-order valence-corrected chi connectivity index (χ1v) is 19.2. The van der Waals surface area contributed by atoms with E-state index in [1.807, 2.05) is 33.5 Å². The van der Waals surface area contributed by atoms with E-state index in [0.717, 1.165) is 78.4 Å². The van der Waals surface area contributed by atoms with E-state index < -0.39 is 0 Å². The summed E-state index contributed by atoms with van der Waals surface area (Å²) in [6.45, 7) is 11.2. The van der Waals surface area contributed by atoms with Crippen LogP contribution in [-0.2, 0) is 36.1 Å². The van der Waals surface area contributed by atoms with E-state index in [-0.39, 0.29) is 44.9 Å². The van der Waals surface area contributed by atoms with Crippen LogP contribution in [0.1, 0.15) is 79.3 Å². The lowest BCUT2D eigenvalue weighted by molar-refractivity contribution is -0.115. The molecule has 5 fully saturated rings. The van der Waals surface area contributed by atoms with Gasteiger partial charge in [-0.05, 0) is 113 Å². The molecule has 2 aromatic heterocycles. The summed E-state index contributed by atoms with van der Waals surface area (Å²) in [5.74, 6) is -0.178. The highest BCUT2D eigenvalue weighted by atomic mass is 35.5. The number of allylic oxidation sites excluding steroid dienone is 2. The summed E-state index contributed by atoms with van der Waals surface area (Å²) >= 11 is 6.04. The SMILES string of the molecule is CB1OB(C)OB(C)O1.Cc1cc2c(cn1)CC(=O)C(C#N)=C2N1CCC2(CC1)CC2.N#CC1=C(N2CCC3(CC2)CC3)c2cc(Cl)ncc2CC1=O. The largest absolute Gasteiger partial charge is 0.453 e. The minimum Gasteiger partial charge on any atom is -0.453 e.